The third-order valence-corrected chi connectivity index (χ3v) is 3.97. The highest BCUT2D eigenvalue weighted by molar-refractivity contribution is 6.31. The Labute approximate surface area is 157 Å². The number of hydrazine groups is 1. The molecule has 27 heavy (non-hydrogen) atoms. The molecule has 0 unspecified atom stereocenters. The van der Waals surface area contributed by atoms with Crippen LogP contribution in [0.3, 0.4) is 0 Å². The smallest absolute Gasteiger partial charge is 0.355 e. The Bertz CT molecular complexity index is 993. The van der Waals surface area contributed by atoms with Crippen molar-refractivity contribution in [1.29, 1.82) is 0 Å². The fourth-order valence-corrected chi connectivity index (χ4v) is 2.36. The maximum Gasteiger partial charge on any atom is 0.355 e. The maximum atomic E-state index is 11.9. The standard InChI is InChI=1S/C16H13ClN6O4/c1-9-10(17)4-2-5-11(9)20-14-13(23(25)26)15(19-8-18-14)21-22-16(24)12-6-3-7-27-12/h2-8H,1H3,(H,22,24)(H2,18,19,20,21). The number of carbonyl (C=O) groups excluding carboxylic acids is 1. The lowest BCUT2D eigenvalue weighted by molar-refractivity contribution is -0.383. The number of amides is 1. The molecule has 3 aromatic rings. The molecule has 0 saturated carbocycles. The highest BCUT2D eigenvalue weighted by Crippen LogP contribution is 2.33. The lowest BCUT2D eigenvalue weighted by atomic mass is 10.2. The molecule has 0 atom stereocenters. The van der Waals surface area contributed by atoms with Gasteiger partial charge in [-0.3, -0.25) is 25.8 Å². The minimum absolute atomic E-state index is 0.0344. The molecule has 0 aliphatic heterocycles. The third kappa shape index (κ3) is 3.96. The van der Waals surface area contributed by atoms with Crippen LogP contribution in [0.25, 0.3) is 0 Å². The van der Waals surface area contributed by atoms with Crippen LogP contribution in [0.15, 0.2) is 47.3 Å². The second kappa shape index (κ2) is 7.70. The lowest BCUT2D eigenvalue weighted by Gasteiger charge is -2.12. The normalized spacial score (nSPS) is 10.3. The van der Waals surface area contributed by atoms with Crippen molar-refractivity contribution in [2.24, 2.45) is 0 Å². The van der Waals surface area contributed by atoms with Crippen molar-refractivity contribution in [3.8, 4) is 0 Å². The largest absolute Gasteiger partial charge is 0.459 e. The summed E-state index contributed by atoms with van der Waals surface area (Å²) in [6, 6.07) is 8.09. The van der Waals surface area contributed by atoms with Crippen LogP contribution in [0.5, 0.6) is 0 Å². The zero-order valence-corrected chi connectivity index (χ0v) is 14.6. The van der Waals surface area contributed by atoms with Crippen molar-refractivity contribution in [1.82, 2.24) is 15.4 Å². The van der Waals surface area contributed by atoms with E-state index in [9.17, 15) is 14.9 Å². The van der Waals surface area contributed by atoms with Crippen molar-refractivity contribution in [2.75, 3.05) is 10.7 Å². The number of nitrogens with zero attached hydrogens (tertiary/aromatic N) is 3. The molecule has 2 aromatic heterocycles. The number of rotatable bonds is 6. The fourth-order valence-electron chi connectivity index (χ4n) is 2.19. The predicted molar refractivity (Wildman–Crippen MR) is 98.0 cm³/mol. The van der Waals surface area contributed by atoms with Gasteiger partial charge in [0, 0.05) is 10.7 Å². The number of anilines is 3. The van der Waals surface area contributed by atoms with E-state index in [1.54, 1.807) is 25.1 Å². The first-order valence-corrected chi connectivity index (χ1v) is 7.96. The quantitative estimate of drug-likeness (QED) is 0.431. The van der Waals surface area contributed by atoms with Crippen LogP contribution in [-0.2, 0) is 0 Å². The van der Waals surface area contributed by atoms with Crippen LogP contribution < -0.4 is 16.2 Å². The van der Waals surface area contributed by atoms with Gasteiger partial charge in [-0.15, -0.1) is 0 Å². The van der Waals surface area contributed by atoms with Crippen molar-refractivity contribution in [2.45, 2.75) is 6.92 Å². The number of halogens is 1. The Morgan fingerprint density at radius 2 is 2.00 bits per heavy atom. The van der Waals surface area contributed by atoms with Crippen LogP contribution in [0.1, 0.15) is 16.1 Å². The Hall–Kier alpha value is -3.66. The Kier molecular flexibility index (Phi) is 5.18. The van der Waals surface area contributed by atoms with Crippen LogP contribution in [0.2, 0.25) is 5.02 Å². The molecule has 0 saturated heterocycles. The van der Waals surface area contributed by atoms with Gasteiger partial charge in [-0.2, -0.15) is 0 Å². The van der Waals surface area contributed by atoms with E-state index >= 15 is 0 Å². The number of nitro groups is 1. The summed E-state index contributed by atoms with van der Waals surface area (Å²) in [6.45, 7) is 1.76. The van der Waals surface area contributed by atoms with Crippen LogP contribution >= 0.6 is 11.6 Å². The first-order valence-electron chi connectivity index (χ1n) is 7.58. The van der Waals surface area contributed by atoms with Gasteiger partial charge in [-0.1, -0.05) is 17.7 Å². The molecule has 0 bridgehead atoms. The molecule has 3 rings (SSSR count). The van der Waals surface area contributed by atoms with Crippen molar-refractivity contribution >= 4 is 40.5 Å². The number of benzene rings is 1. The van der Waals surface area contributed by atoms with Crippen molar-refractivity contribution in [3.63, 3.8) is 0 Å². The van der Waals surface area contributed by atoms with Gasteiger partial charge in [-0.25, -0.2) is 9.97 Å². The summed E-state index contributed by atoms with van der Waals surface area (Å²) in [5.41, 5.74) is 5.50. The zero-order valence-electron chi connectivity index (χ0n) is 13.9. The van der Waals surface area contributed by atoms with E-state index < -0.39 is 16.5 Å². The number of hydrogen-bond acceptors (Lipinski definition) is 8. The van der Waals surface area contributed by atoms with Crippen LogP contribution in [0.4, 0.5) is 23.0 Å². The molecule has 138 valence electrons. The molecule has 0 aliphatic carbocycles. The van der Waals surface area contributed by atoms with E-state index in [0.29, 0.717) is 16.3 Å². The Morgan fingerprint density at radius 3 is 2.70 bits per heavy atom. The van der Waals surface area contributed by atoms with E-state index in [1.807, 2.05) is 0 Å². The Balaban J connectivity index is 1.87. The maximum absolute atomic E-state index is 11.9. The molecule has 1 amide bonds. The summed E-state index contributed by atoms with van der Waals surface area (Å²) in [4.78, 5) is 30.5. The molecule has 0 radical (unpaired) electrons. The molecule has 10 nitrogen and oxygen atoms in total. The van der Waals surface area contributed by atoms with Gasteiger partial charge in [-0.05, 0) is 36.8 Å². The lowest BCUT2D eigenvalue weighted by Crippen LogP contribution is -2.30. The highest BCUT2D eigenvalue weighted by atomic mass is 35.5. The van der Waals surface area contributed by atoms with Gasteiger partial charge in [0.25, 0.3) is 0 Å². The van der Waals surface area contributed by atoms with Gasteiger partial charge in [0.15, 0.2) is 5.76 Å². The second-order valence-electron chi connectivity index (χ2n) is 5.27. The molecule has 2 heterocycles. The third-order valence-electron chi connectivity index (χ3n) is 3.57. The van der Waals surface area contributed by atoms with E-state index in [4.69, 9.17) is 16.0 Å². The second-order valence-corrected chi connectivity index (χ2v) is 5.68. The number of nitrogens with one attached hydrogen (secondary N) is 3. The molecule has 0 spiro atoms. The summed E-state index contributed by atoms with van der Waals surface area (Å²) >= 11 is 6.07. The average molecular weight is 389 g/mol. The predicted octanol–water partition coefficient (Wildman–Crippen LogP) is 3.44. The fraction of sp³-hybridized carbons (Fsp3) is 0.0625. The average Bonchev–Trinajstić information content (AvgIpc) is 3.18. The van der Waals surface area contributed by atoms with Gasteiger partial charge >= 0.3 is 11.6 Å². The van der Waals surface area contributed by atoms with E-state index in [-0.39, 0.29) is 17.4 Å². The molecule has 11 heteroatoms. The SMILES string of the molecule is Cc1c(Cl)cccc1Nc1ncnc(NNC(=O)c2ccco2)c1[N+](=O)[O-]. The van der Waals surface area contributed by atoms with Crippen LogP contribution in [-0.4, -0.2) is 20.8 Å². The summed E-state index contributed by atoms with van der Waals surface area (Å²) in [5, 5.41) is 14.9. The summed E-state index contributed by atoms with van der Waals surface area (Å²) in [7, 11) is 0. The van der Waals surface area contributed by atoms with Crippen molar-refractivity contribution < 1.29 is 14.1 Å². The number of carbonyl (C=O) groups is 1. The molecular formula is C16H13ClN6O4. The topological polar surface area (TPSA) is 135 Å². The number of aromatic nitrogens is 2. The monoisotopic (exact) mass is 388 g/mol. The zero-order chi connectivity index (χ0) is 19.4. The van der Waals surface area contributed by atoms with Crippen molar-refractivity contribution in [3.05, 3.63) is 69.4 Å². The van der Waals surface area contributed by atoms with E-state index in [0.717, 1.165) is 6.33 Å². The molecule has 0 aliphatic rings. The van der Waals surface area contributed by atoms with E-state index in [2.05, 4.69) is 26.1 Å². The summed E-state index contributed by atoms with van der Waals surface area (Å²) in [6.07, 6.45) is 2.45. The van der Waals surface area contributed by atoms with Gasteiger partial charge < -0.3 is 9.73 Å². The summed E-state index contributed by atoms with van der Waals surface area (Å²) in [5.74, 6) is -0.840. The first-order chi connectivity index (χ1) is 13.0. The number of hydrogen-bond donors (Lipinski definition) is 3. The molecule has 0 fully saturated rings. The van der Waals surface area contributed by atoms with Gasteiger partial charge in [0.1, 0.15) is 6.33 Å². The van der Waals surface area contributed by atoms with Gasteiger partial charge in [0.05, 0.1) is 11.2 Å². The molecular weight excluding hydrogens is 376 g/mol. The highest BCUT2D eigenvalue weighted by Gasteiger charge is 2.24. The Morgan fingerprint density at radius 1 is 1.22 bits per heavy atom. The molecule has 1 aromatic carbocycles. The minimum Gasteiger partial charge on any atom is -0.459 e. The van der Waals surface area contributed by atoms with Gasteiger partial charge in [0.2, 0.25) is 11.6 Å². The molecule has 3 N–H and O–H groups in total. The number of furan rings is 1. The van der Waals surface area contributed by atoms with Crippen LogP contribution in [0, 0.1) is 17.0 Å². The first kappa shape index (κ1) is 18.1. The minimum atomic E-state index is -0.663. The van der Waals surface area contributed by atoms with E-state index in [1.165, 1.54) is 18.4 Å². The summed E-state index contributed by atoms with van der Waals surface area (Å²) < 4.78 is 4.94.